The third kappa shape index (κ3) is 3.09. The fourth-order valence-electron chi connectivity index (χ4n) is 1.99. The molecule has 1 atom stereocenters. The number of halogens is 3. The Morgan fingerprint density at radius 3 is 2.63 bits per heavy atom. The van der Waals surface area contributed by atoms with E-state index in [1.807, 2.05) is 24.6 Å². The van der Waals surface area contributed by atoms with Crippen LogP contribution in [-0.2, 0) is 13.0 Å². The van der Waals surface area contributed by atoms with Crippen LogP contribution in [0.1, 0.15) is 29.9 Å². The molecule has 0 radical (unpaired) electrons. The first-order valence-corrected chi connectivity index (χ1v) is 7.81. The third-order valence-electron chi connectivity index (χ3n) is 2.95. The first kappa shape index (κ1) is 15.1. The van der Waals surface area contributed by atoms with Gasteiger partial charge in [-0.2, -0.15) is 5.10 Å². The van der Waals surface area contributed by atoms with Crippen molar-refractivity contribution >= 4 is 46.1 Å². The lowest BCUT2D eigenvalue weighted by Crippen LogP contribution is -2.16. The number of rotatable bonds is 4. The van der Waals surface area contributed by atoms with E-state index >= 15 is 0 Å². The van der Waals surface area contributed by atoms with Gasteiger partial charge in [0, 0.05) is 24.6 Å². The van der Waals surface area contributed by atoms with Gasteiger partial charge in [0.2, 0.25) is 0 Å². The number of nitrogens with zero attached hydrogens (tertiary/aromatic N) is 2. The Labute approximate surface area is 131 Å². The smallest absolute Gasteiger partial charge is 0.0992 e. The van der Waals surface area contributed by atoms with Gasteiger partial charge < -0.3 is 5.73 Å². The van der Waals surface area contributed by atoms with Gasteiger partial charge in [0.25, 0.3) is 0 Å². The fraction of sp³-hybridized carbons (Fsp3) is 0.417. The lowest BCUT2D eigenvalue weighted by molar-refractivity contribution is 0.588. The lowest BCUT2D eigenvalue weighted by Gasteiger charge is -2.12. The Balaban J connectivity index is 2.28. The maximum atomic E-state index is 6.27. The Bertz CT molecular complexity index is 591. The van der Waals surface area contributed by atoms with Crippen LogP contribution in [0, 0.1) is 6.92 Å². The van der Waals surface area contributed by atoms with Crippen LogP contribution in [0.2, 0.25) is 13.7 Å². The van der Waals surface area contributed by atoms with Gasteiger partial charge >= 0.3 is 0 Å². The molecule has 2 aromatic heterocycles. The van der Waals surface area contributed by atoms with Crippen LogP contribution in [0.4, 0.5) is 0 Å². The second-order valence-corrected chi connectivity index (χ2v) is 6.92. The van der Waals surface area contributed by atoms with Crippen LogP contribution in [0.25, 0.3) is 0 Å². The van der Waals surface area contributed by atoms with E-state index in [1.165, 1.54) is 11.3 Å². The summed E-state index contributed by atoms with van der Waals surface area (Å²) in [6, 6.07) is 1.57. The highest BCUT2D eigenvalue weighted by Crippen LogP contribution is 2.36. The maximum absolute atomic E-state index is 6.27. The Kier molecular flexibility index (Phi) is 4.79. The summed E-state index contributed by atoms with van der Waals surface area (Å²) in [4.78, 5) is 0. The molecule has 0 amide bonds. The van der Waals surface area contributed by atoms with Crippen molar-refractivity contribution in [2.24, 2.45) is 5.73 Å². The van der Waals surface area contributed by atoms with Gasteiger partial charge in [0.15, 0.2) is 0 Å². The zero-order valence-electron chi connectivity index (χ0n) is 10.6. The van der Waals surface area contributed by atoms with E-state index < -0.39 is 0 Å². The second kappa shape index (κ2) is 6.02. The fourth-order valence-corrected chi connectivity index (χ4v) is 3.80. The molecule has 3 nitrogen and oxygen atoms in total. The van der Waals surface area contributed by atoms with Gasteiger partial charge in [-0.25, -0.2) is 0 Å². The molecule has 0 aromatic carbocycles. The van der Waals surface area contributed by atoms with Crippen LogP contribution >= 0.6 is 46.1 Å². The summed E-state index contributed by atoms with van der Waals surface area (Å²) in [6.45, 7) is 4.66. The molecule has 104 valence electrons. The van der Waals surface area contributed by atoms with E-state index in [9.17, 15) is 0 Å². The highest BCUT2D eigenvalue weighted by Gasteiger charge is 2.19. The molecule has 0 saturated heterocycles. The number of aryl methyl sites for hydroxylation is 2. The van der Waals surface area contributed by atoms with E-state index in [-0.39, 0.29) is 6.04 Å². The van der Waals surface area contributed by atoms with Crippen LogP contribution in [-0.4, -0.2) is 9.78 Å². The summed E-state index contributed by atoms with van der Waals surface area (Å²) in [7, 11) is 0. The molecule has 0 aliphatic rings. The average Bonchev–Trinajstić information content (AvgIpc) is 2.83. The predicted octanol–water partition coefficient (Wildman–Crippen LogP) is 4.48. The molecule has 1 unspecified atom stereocenters. The molecule has 2 N–H and O–H groups in total. The summed E-state index contributed by atoms with van der Waals surface area (Å²) in [5.41, 5.74) is 8.82. The average molecular weight is 339 g/mol. The highest BCUT2D eigenvalue weighted by atomic mass is 35.5. The predicted molar refractivity (Wildman–Crippen MR) is 82.6 cm³/mol. The van der Waals surface area contributed by atoms with Crippen molar-refractivity contribution in [3.05, 3.63) is 36.7 Å². The first-order chi connectivity index (χ1) is 8.93. The molecular formula is C12H14Cl3N3S. The van der Waals surface area contributed by atoms with Crippen LogP contribution in [0.5, 0.6) is 0 Å². The van der Waals surface area contributed by atoms with Crippen molar-refractivity contribution < 1.29 is 0 Å². The third-order valence-corrected chi connectivity index (χ3v) is 4.96. The molecule has 19 heavy (non-hydrogen) atoms. The van der Waals surface area contributed by atoms with Crippen molar-refractivity contribution in [2.75, 3.05) is 0 Å². The molecule has 0 aliphatic heterocycles. The van der Waals surface area contributed by atoms with E-state index in [2.05, 4.69) is 5.10 Å². The topological polar surface area (TPSA) is 43.8 Å². The minimum Gasteiger partial charge on any atom is -0.324 e. The van der Waals surface area contributed by atoms with Gasteiger partial charge in [-0.15, -0.1) is 11.3 Å². The second-order valence-electron chi connectivity index (χ2n) is 4.25. The largest absolute Gasteiger partial charge is 0.324 e. The maximum Gasteiger partial charge on any atom is 0.0992 e. The molecule has 0 fully saturated rings. The zero-order chi connectivity index (χ0) is 14.2. The van der Waals surface area contributed by atoms with Crippen LogP contribution in [0.3, 0.4) is 0 Å². The van der Waals surface area contributed by atoms with E-state index in [0.717, 1.165) is 23.5 Å². The van der Waals surface area contributed by atoms with Crippen LogP contribution in [0.15, 0.2) is 6.07 Å². The monoisotopic (exact) mass is 337 g/mol. The summed E-state index contributed by atoms with van der Waals surface area (Å²) in [6.07, 6.45) is 0.584. The molecular weight excluding hydrogens is 325 g/mol. The van der Waals surface area contributed by atoms with Gasteiger partial charge in [0.1, 0.15) is 0 Å². The molecule has 0 spiro atoms. The van der Waals surface area contributed by atoms with Crippen molar-refractivity contribution in [2.45, 2.75) is 32.9 Å². The van der Waals surface area contributed by atoms with Crippen molar-refractivity contribution in [1.82, 2.24) is 9.78 Å². The van der Waals surface area contributed by atoms with E-state index in [4.69, 9.17) is 40.5 Å². The van der Waals surface area contributed by atoms with Crippen molar-refractivity contribution in [3.8, 4) is 0 Å². The minimum atomic E-state index is -0.241. The zero-order valence-corrected chi connectivity index (χ0v) is 13.7. The Hall–Kier alpha value is -0.260. The highest BCUT2D eigenvalue weighted by molar-refractivity contribution is 7.20. The van der Waals surface area contributed by atoms with E-state index in [1.54, 1.807) is 0 Å². The Morgan fingerprint density at radius 1 is 1.42 bits per heavy atom. The first-order valence-electron chi connectivity index (χ1n) is 5.86. The van der Waals surface area contributed by atoms with Crippen molar-refractivity contribution in [1.29, 1.82) is 0 Å². The number of thiophene rings is 1. The summed E-state index contributed by atoms with van der Waals surface area (Å²) in [5.74, 6) is 0. The normalized spacial score (nSPS) is 12.9. The quantitative estimate of drug-likeness (QED) is 0.893. The molecule has 0 aliphatic carbocycles. The number of hydrogen-bond acceptors (Lipinski definition) is 3. The molecule has 2 aromatic rings. The number of aromatic nitrogens is 2. The molecule has 7 heteroatoms. The SMILES string of the molecule is CCn1nc(C)c(Cl)c1CC(N)c1cc(Cl)sc1Cl. The standard InChI is InChI=1S/C12H14Cl3N3S/c1-3-18-9(11(14)6(2)17-18)5-8(16)7-4-10(13)19-12(7)15/h4,8H,3,5,16H2,1-2H3. The van der Waals surface area contributed by atoms with Gasteiger partial charge in [0.05, 0.1) is 25.1 Å². The summed E-state index contributed by atoms with van der Waals surface area (Å²) < 4.78 is 3.15. The molecule has 0 bridgehead atoms. The molecule has 0 saturated carbocycles. The van der Waals surface area contributed by atoms with Crippen molar-refractivity contribution in [3.63, 3.8) is 0 Å². The summed E-state index contributed by atoms with van der Waals surface area (Å²) >= 11 is 19.7. The van der Waals surface area contributed by atoms with Gasteiger partial charge in [-0.05, 0) is 19.9 Å². The lowest BCUT2D eigenvalue weighted by atomic mass is 10.1. The number of nitrogens with two attached hydrogens (primary N) is 1. The van der Waals surface area contributed by atoms with Gasteiger partial charge in [-0.3, -0.25) is 4.68 Å². The van der Waals surface area contributed by atoms with E-state index in [0.29, 0.717) is 20.1 Å². The molecule has 2 rings (SSSR count). The Morgan fingerprint density at radius 2 is 2.11 bits per heavy atom. The minimum absolute atomic E-state index is 0.241. The van der Waals surface area contributed by atoms with Gasteiger partial charge in [-0.1, -0.05) is 34.8 Å². The molecule has 2 heterocycles. The number of hydrogen-bond donors (Lipinski definition) is 1. The summed E-state index contributed by atoms with van der Waals surface area (Å²) in [5, 5.41) is 5.05. The van der Waals surface area contributed by atoms with Crippen LogP contribution < -0.4 is 5.73 Å².